The molecule has 16 heavy (non-hydrogen) atoms. The van der Waals surface area contributed by atoms with E-state index in [0.717, 1.165) is 20.4 Å². The normalized spacial score (nSPS) is 11.2. The first-order valence-electron chi connectivity index (χ1n) is 4.35. The van der Waals surface area contributed by atoms with E-state index in [-0.39, 0.29) is 0 Å². The number of benzene rings is 1. The molecule has 88 valence electrons. The Balaban J connectivity index is 3.04. The van der Waals surface area contributed by atoms with Crippen molar-refractivity contribution in [3.8, 4) is 5.75 Å². The highest BCUT2D eigenvalue weighted by molar-refractivity contribution is 9.11. The molecule has 0 spiro atoms. The molecule has 0 unspecified atom stereocenters. The molecule has 0 atom stereocenters. The molecule has 4 N–H and O–H groups in total. The molecule has 0 radical (unpaired) electrons. The predicted molar refractivity (Wildman–Crippen MR) is 72.7 cm³/mol. The minimum absolute atomic E-state index is 0.463. The highest BCUT2D eigenvalue weighted by Crippen LogP contribution is 2.34. The first kappa shape index (κ1) is 13.3. The van der Waals surface area contributed by atoms with Gasteiger partial charge in [0, 0.05) is 17.6 Å². The van der Waals surface area contributed by atoms with Gasteiger partial charge in [-0.15, -0.1) is 0 Å². The van der Waals surface area contributed by atoms with Crippen molar-refractivity contribution in [1.29, 1.82) is 0 Å². The minimum Gasteiger partial charge on any atom is -0.495 e. The van der Waals surface area contributed by atoms with Crippen LogP contribution in [-0.2, 0) is 0 Å². The molecule has 0 heterocycles. The maximum atomic E-state index is 5.28. The van der Waals surface area contributed by atoms with Gasteiger partial charge in [0.05, 0.1) is 17.3 Å². The maximum absolute atomic E-state index is 5.28. The fraction of sp³-hybridized carbons (Fsp3) is 0.222. The number of hydrogen-bond donors (Lipinski definition) is 3. The van der Waals surface area contributed by atoms with E-state index in [1.54, 1.807) is 14.2 Å². The van der Waals surface area contributed by atoms with Gasteiger partial charge in [-0.05, 0) is 37.9 Å². The molecule has 0 saturated carbocycles. The summed E-state index contributed by atoms with van der Waals surface area (Å²) in [6, 6.07) is 3.71. The number of aliphatic imine (C=N–C) groups is 1. The lowest BCUT2D eigenvalue weighted by Gasteiger charge is -2.12. The van der Waals surface area contributed by atoms with Crippen LogP contribution in [0.25, 0.3) is 0 Å². The van der Waals surface area contributed by atoms with Crippen molar-refractivity contribution >= 4 is 43.5 Å². The van der Waals surface area contributed by atoms with Gasteiger partial charge in [-0.25, -0.2) is 5.84 Å². The predicted octanol–water partition coefficient (Wildman–Crippen LogP) is 2.08. The second-order valence-electron chi connectivity index (χ2n) is 2.81. The summed E-state index contributed by atoms with van der Waals surface area (Å²) in [6.45, 7) is 0. The molecular weight excluding hydrogens is 340 g/mol. The molecule has 0 aliphatic rings. The summed E-state index contributed by atoms with van der Waals surface area (Å²) in [5.41, 5.74) is 3.25. The van der Waals surface area contributed by atoms with E-state index in [4.69, 9.17) is 10.6 Å². The van der Waals surface area contributed by atoms with Crippen LogP contribution in [0.5, 0.6) is 5.75 Å². The highest BCUT2D eigenvalue weighted by atomic mass is 79.9. The Morgan fingerprint density at radius 3 is 2.56 bits per heavy atom. The molecule has 0 bridgehead atoms. The van der Waals surface area contributed by atoms with Crippen LogP contribution in [0.15, 0.2) is 26.1 Å². The lowest BCUT2D eigenvalue weighted by atomic mass is 10.3. The van der Waals surface area contributed by atoms with Crippen LogP contribution >= 0.6 is 31.9 Å². The number of nitrogens with zero attached hydrogens (tertiary/aromatic N) is 1. The summed E-state index contributed by atoms with van der Waals surface area (Å²) < 4.78 is 6.93. The molecule has 1 aromatic carbocycles. The van der Waals surface area contributed by atoms with Crippen LogP contribution in [0.2, 0.25) is 0 Å². The fourth-order valence-electron chi connectivity index (χ4n) is 1.07. The Labute approximate surface area is 111 Å². The summed E-state index contributed by atoms with van der Waals surface area (Å²) in [5.74, 6) is 6.47. The van der Waals surface area contributed by atoms with E-state index in [0.29, 0.717) is 5.96 Å². The third-order valence-corrected chi connectivity index (χ3v) is 3.13. The average Bonchev–Trinajstić information content (AvgIpc) is 2.28. The number of rotatable bonds is 2. The van der Waals surface area contributed by atoms with Crippen molar-refractivity contribution < 1.29 is 4.74 Å². The zero-order valence-corrected chi connectivity index (χ0v) is 12.0. The number of nitrogens with one attached hydrogen (secondary N) is 2. The molecule has 0 saturated heterocycles. The number of anilines is 1. The number of hydrogen-bond acceptors (Lipinski definition) is 3. The topological polar surface area (TPSA) is 71.7 Å². The van der Waals surface area contributed by atoms with E-state index in [9.17, 15) is 0 Å². The maximum Gasteiger partial charge on any atom is 0.210 e. The second-order valence-corrected chi connectivity index (χ2v) is 4.52. The van der Waals surface area contributed by atoms with Gasteiger partial charge < -0.3 is 10.1 Å². The van der Waals surface area contributed by atoms with Gasteiger partial charge in [0.15, 0.2) is 0 Å². The van der Waals surface area contributed by atoms with Crippen LogP contribution in [0.4, 0.5) is 5.69 Å². The van der Waals surface area contributed by atoms with Gasteiger partial charge in [-0.3, -0.25) is 10.4 Å². The van der Waals surface area contributed by atoms with Crippen molar-refractivity contribution in [3.05, 3.63) is 21.1 Å². The Morgan fingerprint density at radius 1 is 1.38 bits per heavy atom. The van der Waals surface area contributed by atoms with Gasteiger partial charge in [-0.1, -0.05) is 0 Å². The van der Waals surface area contributed by atoms with Crippen LogP contribution < -0.4 is 21.3 Å². The van der Waals surface area contributed by atoms with Crippen molar-refractivity contribution in [2.45, 2.75) is 0 Å². The van der Waals surface area contributed by atoms with E-state index in [1.807, 2.05) is 12.1 Å². The van der Waals surface area contributed by atoms with Gasteiger partial charge in [0.2, 0.25) is 5.96 Å². The molecule has 0 aromatic heterocycles. The Hall–Kier alpha value is -0.790. The second kappa shape index (κ2) is 6.07. The number of hydrazine groups is 1. The average molecular weight is 352 g/mol. The molecule has 0 aliphatic carbocycles. The van der Waals surface area contributed by atoms with Crippen molar-refractivity contribution in [3.63, 3.8) is 0 Å². The number of nitrogens with two attached hydrogens (primary N) is 1. The van der Waals surface area contributed by atoms with E-state index < -0.39 is 0 Å². The molecule has 1 aromatic rings. The van der Waals surface area contributed by atoms with Crippen molar-refractivity contribution in [1.82, 2.24) is 5.43 Å². The molecule has 0 amide bonds. The number of methoxy groups -OCH3 is 1. The third-order valence-electron chi connectivity index (χ3n) is 1.85. The lowest BCUT2D eigenvalue weighted by molar-refractivity contribution is 0.412. The smallest absolute Gasteiger partial charge is 0.210 e. The Bertz CT molecular complexity index is 409. The van der Waals surface area contributed by atoms with Crippen LogP contribution in [0, 0.1) is 0 Å². The van der Waals surface area contributed by atoms with Crippen LogP contribution in [0.3, 0.4) is 0 Å². The number of guanidine groups is 1. The highest BCUT2D eigenvalue weighted by Gasteiger charge is 2.08. The van der Waals surface area contributed by atoms with E-state index in [2.05, 4.69) is 47.6 Å². The molecular formula is C9H12Br2N4O. The molecule has 7 heteroatoms. The Morgan fingerprint density at radius 2 is 2.06 bits per heavy atom. The third kappa shape index (κ3) is 3.10. The first-order chi connectivity index (χ1) is 7.62. The lowest BCUT2D eigenvalue weighted by Crippen LogP contribution is -2.36. The largest absolute Gasteiger partial charge is 0.495 e. The van der Waals surface area contributed by atoms with Crippen LogP contribution in [-0.4, -0.2) is 20.1 Å². The number of ether oxygens (including phenoxy) is 1. The molecule has 0 aliphatic heterocycles. The fourth-order valence-corrected chi connectivity index (χ4v) is 2.32. The summed E-state index contributed by atoms with van der Waals surface area (Å²) in [7, 11) is 3.24. The minimum atomic E-state index is 0.463. The van der Waals surface area contributed by atoms with Gasteiger partial charge >= 0.3 is 0 Å². The van der Waals surface area contributed by atoms with E-state index >= 15 is 0 Å². The first-order valence-corrected chi connectivity index (χ1v) is 5.94. The zero-order valence-electron chi connectivity index (χ0n) is 8.84. The molecule has 1 rings (SSSR count). The standard InChI is InChI=1S/C9H12Br2N4O/c1-13-9(15-12)14-7-4-8(16-2)6(11)3-5(7)10/h3-4H,12H2,1-2H3,(H2,13,14,15). The Kier molecular flexibility index (Phi) is 5.04. The summed E-state index contributed by atoms with van der Waals surface area (Å²) >= 11 is 6.81. The van der Waals surface area contributed by atoms with Gasteiger partial charge in [-0.2, -0.15) is 0 Å². The quantitative estimate of drug-likeness (QED) is 0.330. The van der Waals surface area contributed by atoms with E-state index in [1.165, 1.54) is 0 Å². The number of halogens is 2. The van der Waals surface area contributed by atoms with Gasteiger partial charge in [0.1, 0.15) is 5.75 Å². The monoisotopic (exact) mass is 350 g/mol. The summed E-state index contributed by atoms with van der Waals surface area (Å²) in [5, 5.41) is 3.01. The van der Waals surface area contributed by atoms with Crippen LogP contribution in [0.1, 0.15) is 0 Å². The summed E-state index contributed by atoms with van der Waals surface area (Å²) in [6.07, 6.45) is 0. The van der Waals surface area contributed by atoms with Crippen molar-refractivity contribution in [2.75, 3.05) is 19.5 Å². The van der Waals surface area contributed by atoms with Gasteiger partial charge in [0.25, 0.3) is 0 Å². The SMILES string of the molecule is CN=C(NN)Nc1cc(OC)c(Br)cc1Br. The van der Waals surface area contributed by atoms with Crippen molar-refractivity contribution in [2.24, 2.45) is 10.8 Å². The molecule has 0 fully saturated rings. The molecule has 5 nitrogen and oxygen atoms in total. The summed E-state index contributed by atoms with van der Waals surface area (Å²) in [4.78, 5) is 3.92. The zero-order chi connectivity index (χ0) is 12.1.